The van der Waals surface area contributed by atoms with Crippen LogP contribution in [0.25, 0.3) is 0 Å². The molecule has 0 aromatic carbocycles. The summed E-state index contributed by atoms with van der Waals surface area (Å²) in [6, 6.07) is -1.01. The van der Waals surface area contributed by atoms with Crippen LogP contribution in [0.1, 0.15) is 290 Å². The van der Waals surface area contributed by atoms with Crippen molar-refractivity contribution in [1.29, 1.82) is 0 Å². The van der Waals surface area contributed by atoms with Gasteiger partial charge in [-0.05, 0) is 57.8 Å². The highest BCUT2D eigenvalue weighted by Crippen LogP contribution is 2.18. The van der Waals surface area contributed by atoms with E-state index in [0.29, 0.717) is 19.3 Å². The number of carbonyl (C=O) groups is 1. The number of allylic oxidation sites excluding steroid dienone is 6. The summed E-state index contributed by atoms with van der Waals surface area (Å²) >= 11 is 0. The molecule has 1 amide bonds. The molecule has 63 heavy (non-hydrogen) atoms. The minimum absolute atomic E-state index is 0.362. The number of nitrogens with one attached hydrogen (secondary N) is 1. The van der Waals surface area contributed by atoms with E-state index in [-0.39, 0.29) is 0 Å². The van der Waals surface area contributed by atoms with E-state index in [0.717, 1.165) is 51.4 Å². The maximum absolute atomic E-state index is 12.6. The van der Waals surface area contributed by atoms with Crippen molar-refractivity contribution in [3.05, 3.63) is 36.5 Å². The van der Waals surface area contributed by atoms with Crippen LogP contribution in [0.2, 0.25) is 0 Å². The Hall–Kier alpha value is -1.47. The van der Waals surface area contributed by atoms with Crippen LogP contribution in [0.3, 0.4) is 0 Å². The van der Waals surface area contributed by atoms with Gasteiger partial charge in [0.2, 0.25) is 5.91 Å². The fourth-order valence-corrected chi connectivity index (χ4v) is 8.66. The van der Waals surface area contributed by atoms with Crippen LogP contribution in [0.15, 0.2) is 36.5 Å². The van der Waals surface area contributed by atoms with E-state index in [1.807, 2.05) is 0 Å². The topological polar surface area (TPSA) is 110 Å². The second-order valence-electron chi connectivity index (χ2n) is 19.3. The zero-order valence-electron chi connectivity index (χ0n) is 42.1. The van der Waals surface area contributed by atoms with Crippen molar-refractivity contribution in [3.63, 3.8) is 0 Å². The van der Waals surface area contributed by atoms with Gasteiger partial charge in [-0.2, -0.15) is 0 Å². The minimum atomic E-state index is -1.29. The van der Waals surface area contributed by atoms with E-state index in [1.54, 1.807) is 0 Å². The lowest BCUT2D eigenvalue weighted by Crippen LogP contribution is -2.53. The van der Waals surface area contributed by atoms with Gasteiger partial charge < -0.3 is 25.7 Å². The third-order valence-corrected chi connectivity index (χ3v) is 13.1. The zero-order valence-corrected chi connectivity index (χ0v) is 42.1. The highest BCUT2D eigenvalue weighted by Gasteiger charge is 2.28. The van der Waals surface area contributed by atoms with Gasteiger partial charge in [-0.3, -0.25) is 4.79 Å². The molecule has 5 N–H and O–H groups in total. The number of amides is 1. The molecule has 0 rings (SSSR count). The van der Waals surface area contributed by atoms with E-state index in [1.165, 1.54) is 205 Å². The predicted molar refractivity (Wildman–Crippen MR) is 274 cm³/mol. The van der Waals surface area contributed by atoms with Crippen LogP contribution in [-0.2, 0) is 4.79 Å². The summed E-state index contributed by atoms with van der Waals surface area (Å²) in [4.78, 5) is 12.6. The first-order chi connectivity index (χ1) is 31.0. The standard InChI is InChI=1S/C57H109NO5/c1-3-5-7-9-11-13-15-17-19-20-21-22-23-24-25-26-27-28-29-30-31-32-33-34-35-37-39-41-43-45-47-49-51-55(61)57(63)58-53(52-59)56(62)54(60)50-48-46-44-42-40-38-36-18-16-14-12-10-8-6-4-2/h10,12,18,36,42,44,53-56,59-62H,3-9,11,13-17,19-35,37-41,43,45-52H2,1-2H3,(H,58,63)/b12-10+,36-18+,44-42+. The monoisotopic (exact) mass is 888 g/mol. The Labute approximate surface area is 392 Å². The lowest BCUT2D eigenvalue weighted by molar-refractivity contribution is -0.132. The first-order valence-electron chi connectivity index (χ1n) is 27.9. The summed E-state index contributed by atoms with van der Waals surface area (Å²) in [5.74, 6) is -0.596. The fourth-order valence-electron chi connectivity index (χ4n) is 8.66. The second-order valence-corrected chi connectivity index (χ2v) is 19.3. The Morgan fingerprint density at radius 3 is 0.984 bits per heavy atom. The second kappa shape index (κ2) is 51.5. The van der Waals surface area contributed by atoms with Gasteiger partial charge in [-0.25, -0.2) is 0 Å². The van der Waals surface area contributed by atoms with Gasteiger partial charge in [0.25, 0.3) is 0 Å². The maximum atomic E-state index is 12.6. The van der Waals surface area contributed by atoms with Gasteiger partial charge in [0.05, 0.1) is 18.8 Å². The number of aliphatic hydroxyl groups excluding tert-OH is 4. The molecule has 0 spiro atoms. The molecular formula is C57H109NO5. The summed E-state index contributed by atoms with van der Waals surface area (Å²) in [7, 11) is 0. The molecule has 6 nitrogen and oxygen atoms in total. The van der Waals surface area contributed by atoms with Crippen LogP contribution in [0.5, 0.6) is 0 Å². The molecule has 0 aromatic rings. The highest BCUT2D eigenvalue weighted by molar-refractivity contribution is 5.80. The minimum Gasteiger partial charge on any atom is -0.394 e. The van der Waals surface area contributed by atoms with Crippen molar-refractivity contribution in [1.82, 2.24) is 5.32 Å². The molecule has 0 saturated heterocycles. The number of hydrogen-bond donors (Lipinski definition) is 5. The Kier molecular flexibility index (Phi) is 50.3. The molecule has 0 radical (unpaired) electrons. The molecular weight excluding hydrogens is 779 g/mol. The van der Waals surface area contributed by atoms with Gasteiger partial charge >= 0.3 is 0 Å². The van der Waals surface area contributed by atoms with Gasteiger partial charge in [0.15, 0.2) is 0 Å². The molecule has 4 unspecified atom stereocenters. The highest BCUT2D eigenvalue weighted by atomic mass is 16.3. The molecule has 0 fully saturated rings. The Morgan fingerprint density at radius 2 is 0.667 bits per heavy atom. The first-order valence-corrected chi connectivity index (χ1v) is 27.9. The lowest BCUT2D eigenvalue weighted by Gasteiger charge is -2.27. The lowest BCUT2D eigenvalue weighted by atomic mass is 10.00. The van der Waals surface area contributed by atoms with Crippen LogP contribution >= 0.6 is 0 Å². The summed E-state index contributed by atoms with van der Waals surface area (Å²) < 4.78 is 0. The van der Waals surface area contributed by atoms with Crippen LogP contribution < -0.4 is 5.32 Å². The van der Waals surface area contributed by atoms with Crippen LogP contribution in [0, 0.1) is 0 Å². The van der Waals surface area contributed by atoms with Crippen LogP contribution in [0.4, 0.5) is 0 Å². The summed E-state index contributed by atoms with van der Waals surface area (Å²) in [5.41, 5.74) is 0. The van der Waals surface area contributed by atoms with Crippen molar-refractivity contribution < 1.29 is 25.2 Å². The SMILES string of the molecule is CCCC/C=C/CC/C=C/CC/C=C/CCCC(O)C(O)C(CO)NC(=O)C(O)CCCCCCCCCCCCCCCCCCCCCCCCCCCCCCCCCC. The largest absolute Gasteiger partial charge is 0.394 e. The van der Waals surface area contributed by atoms with Gasteiger partial charge in [0.1, 0.15) is 12.2 Å². The molecule has 0 aliphatic carbocycles. The molecule has 0 bridgehead atoms. The molecule has 6 heteroatoms. The van der Waals surface area contributed by atoms with Crippen molar-refractivity contribution in [2.45, 2.75) is 314 Å². The smallest absolute Gasteiger partial charge is 0.249 e. The third-order valence-electron chi connectivity index (χ3n) is 13.1. The van der Waals surface area contributed by atoms with E-state index < -0.39 is 36.9 Å². The Morgan fingerprint density at radius 1 is 0.381 bits per heavy atom. The van der Waals surface area contributed by atoms with Crippen molar-refractivity contribution >= 4 is 5.91 Å². The average Bonchev–Trinajstić information content (AvgIpc) is 3.29. The molecule has 0 heterocycles. The van der Waals surface area contributed by atoms with Gasteiger partial charge in [-0.15, -0.1) is 0 Å². The molecule has 0 aromatic heterocycles. The predicted octanol–water partition coefficient (Wildman–Crippen LogP) is 16.0. The van der Waals surface area contributed by atoms with Crippen molar-refractivity contribution in [2.75, 3.05) is 6.61 Å². The number of hydrogen-bond acceptors (Lipinski definition) is 5. The number of aliphatic hydroxyl groups is 4. The number of carbonyl (C=O) groups excluding carboxylic acids is 1. The van der Waals surface area contributed by atoms with E-state index in [4.69, 9.17) is 0 Å². The van der Waals surface area contributed by atoms with E-state index >= 15 is 0 Å². The molecule has 0 aliphatic rings. The molecule has 4 atom stereocenters. The zero-order chi connectivity index (χ0) is 45.9. The normalized spacial score (nSPS) is 14.1. The summed E-state index contributed by atoms with van der Waals surface area (Å²) in [6.45, 7) is 4.01. The Bertz CT molecular complexity index is 997. The number of rotatable bonds is 51. The van der Waals surface area contributed by atoms with Crippen LogP contribution in [-0.4, -0.2) is 57.3 Å². The van der Waals surface area contributed by atoms with Gasteiger partial charge in [-0.1, -0.05) is 269 Å². The Balaban J connectivity index is 3.58. The van der Waals surface area contributed by atoms with E-state index in [2.05, 4.69) is 55.6 Å². The van der Waals surface area contributed by atoms with Crippen molar-refractivity contribution in [2.24, 2.45) is 0 Å². The maximum Gasteiger partial charge on any atom is 0.249 e. The summed E-state index contributed by atoms with van der Waals surface area (Å²) in [5, 5.41) is 43.8. The molecule has 372 valence electrons. The van der Waals surface area contributed by atoms with E-state index in [9.17, 15) is 25.2 Å². The summed E-state index contributed by atoms with van der Waals surface area (Å²) in [6.07, 6.45) is 63.7. The molecule has 0 aliphatic heterocycles. The third kappa shape index (κ3) is 45.5. The number of unbranched alkanes of at least 4 members (excludes halogenated alkanes) is 36. The van der Waals surface area contributed by atoms with Gasteiger partial charge in [0, 0.05) is 0 Å². The fraction of sp³-hybridized carbons (Fsp3) is 0.877. The quantitative estimate of drug-likeness (QED) is 0.0309. The first kappa shape index (κ1) is 61.5. The van der Waals surface area contributed by atoms with Crippen molar-refractivity contribution in [3.8, 4) is 0 Å². The average molecular weight is 889 g/mol. The molecule has 0 saturated carbocycles.